The molecule has 1 amide bonds. The molecule has 1 N–H and O–H groups in total. The molecule has 0 atom stereocenters. The second-order valence-electron chi connectivity index (χ2n) is 7.02. The lowest BCUT2D eigenvalue weighted by atomic mass is 10.1. The first-order valence-electron chi connectivity index (χ1n) is 9.78. The number of rotatable bonds is 8. The van der Waals surface area contributed by atoms with E-state index in [2.05, 4.69) is 15.5 Å². The third-order valence-corrected chi connectivity index (χ3v) is 4.76. The molecule has 0 unspecified atom stereocenters. The minimum absolute atomic E-state index is 0.0802. The standard InChI is InChI=1S/C22H20N6O4/c1-16-6-2-3-7-17(16)14-26-13-11-21(25-26)23-22(29)18-10-12-27(24-18)15-32-20-9-5-4-8-19(20)28(30)31/h2-13H,14-15H2,1H3,(H,23,25,29). The highest BCUT2D eigenvalue weighted by Gasteiger charge is 2.15. The molecule has 0 aliphatic carbocycles. The van der Waals surface area contributed by atoms with Crippen LogP contribution in [0.15, 0.2) is 73.1 Å². The maximum atomic E-state index is 12.5. The summed E-state index contributed by atoms with van der Waals surface area (Å²) in [4.78, 5) is 23.0. The first-order valence-corrected chi connectivity index (χ1v) is 9.78. The van der Waals surface area contributed by atoms with Gasteiger partial charge < -0.3 is 10.1 Å². The predicted octanol–water partition coefficient (Wildman–Crippen LogP) is 3.63. The number of anilines is 1. The van der Waals surface area contributed by atoms with Crippen LogP contribution >= 0.6 is 0 Å². The first kappa shape index (κ1) is 20.8. The van der Waals surface area contributed by atoms with E-state index in [0.717, 1.165) is 5.56 Å². The van der Waals surface area contributed by atoms with Crippen molar-refractivity contribution in [3.63, 3.8) is 0 Å². The van der Waals surface area contributed by atoms with Crippen LogP contribution < -0.4 is 10.1 Å². The number of aryl methyl sites for hydroxylation is 1. The molecule has 0 spiro atoms. The zero-order valence-electron chi connectivity index (χ0n) is 17.2. The van der Waals surface area contributed by atoms with Gasteiger partial charge in [0.1, 0.15) is 0 Å². The van der Waals surface area contributed by atoms with Gasteiger partial charge in [-0.2, -0.15) is 10.2 Å². The smallest absolute Gasteiger partial charge is 0.311 e. The fraction of sp³-hybridized carbons (Fsp3) is 0.136. The van der Waals surface area contributed by atoms with Crippen LogP contribution in [-0.2, 0) is 13.3 Å². The van der Waals surface area contributed by atoms with Crippen molar-refractivity contribution in [2.75, 3.05) is 5.32 Å². The summed E-state index contributed by atoms with van der Waals surface area (Å²) in [5.74, 6) is 0.114. The highest BCUT2D eigenvalue weighted by Crippen LogP contribution is 2.26. The number of amides is 1. The van der Waals surface area contributed by atoms with Gasteiger partial charge in [-0.1, -0.05) is 36.4 Å². The Balaban J connectivity index is 1.36. The van der Waals surface area contributed by atoms with Crippen LogP contribution in [0.3, 0.4) is 0 Å². The van der Waals surface area contributed by atoms with Crippen LogP contribution in [0.4, 0.5) is 11.5 Å². The lowest BCUT2D eigenvalue weighted by Gasteiger charge is -2.06. The summed E-state index contributed by atoms with van der Waals surface area (Å²) < 4.78 is 8.60. The monoisotopic (exact) mass is 432 g/mol. The van der Waals surface area contributed by atoms with E-state index in [0.29, 0.717) is 12.4 Å². The minimum Gasteiger partial charge on any atom is -0.464 e. The Kier molecular flexibility index (Phi) is 5.93. The summed E-state index contributed by atoms with van der Waals surface area (Å²) in [6, 6.07) is 17.3. The van der Waals surface area contributed by atoms with E-state index in [4.69, 9.17) is 4.74 Å². The van der Waals surface area contributed by atoms with E-state index in [1.165, 1.54) is 28.4 Å². The molecule has 2 aromatic carbocycles. The van der Waals surface area contributed by atoms with Gasteiger partial charge in [-0.05, 0) is 30.2 Å². The van der Waals surface area contributed by atoms with Crippen molar-refractivity contribution >= 4 is 17.4 Å². The van der Waals surface area contributed by atoms with Crippen molar-refractivity contribution < 1.29 is 14.5 Å². The largest absolute Gasteiger partial charge is 0.464 e. The molecule has 4 aromatic rings. The molecule has 0 aliphatic rings. The van der Waals surface area contributed by atoms with Gasteiger partial charge in [0, 0.05) is 24.5 Å². The maximum Gasteiger partial charge on any atom is 0.311 e. The third kappa shape index (κ3) is 4.81. The molecule has 0 fully saturated rings. The molecule has 0 aliphatic heterocycles. The molecule has 0 bridgehead atoms. The Morgan fingerprint density at radius 1 is 1.03 bits per heavy atom. The van der Waals surface area contributed by atoms with Crippen molar-refractivity contribution in [3.05, 3.63) is 100.0 Å². The number of nitrogens with one attached hydrogen (secondary N) is 1. The number of carbonyl (C=O) groups is 1. The lowest BCUT2D eigenvalue weighted by molar-refractivity contribution is -0.386. The third-order valence-electron chi connectivity index (χ3n) is 4.76. The highest BCUT2D eigenvalue weighted by atomic mass is 16.6. The lowest BCUT2D eigenvalue weighted by Crippen LogP contribution is -2.15. The number of nitro benzene ring substituents is 1. The number of para-hydroxylation sites is 2. The Hall–Kier alpha value is -4.47. The number of ether oxygens (including phenoxy) is 1. The van der Waals surface area contributed by atoms with Gasteiger partial charge in [0.25, 0.3) is 5.91 Å². The van der Waals surface area contributed by atoms with Gasteiger partial charge in [0.05, 0.1) is 11.5 Å². The molecule has 0 saturated carbocycles. The molecule has 2 heterocycles. The fourth-order valence-electron chi connectivity index (χ4n) is 3.08. The van der Waals surface area contributed by atoms with E-state index in [9.17, 15) is 14.9 Å². The molecule has 2 aromatic heterocycles. The number of hydrogen-bond acceptors (Lipinski definition) is 6. The maximum absolute atomic E-state index is 12.5. The molecule has 10 nitrogen and oxygen atoms in total. The number of benzene rings is 2. The molecule has 0 radical (unpaired) electrons. The normalized spacial score (nSPS) is 10.7. The summed E-state index contributed by atoms with van der Waals surface area (Å²) in [5, 5.41) is 22.3. The van der Waals surface area contributed by atoms with Crippen molar-refractivity contribution in [2.24, 2.45) is 0 Å². The van der Waals surface area contributed by atoms with E-state index < -0.39 is 10.8 Å². The molecule has 4 rings (SSSR count). The zero-order valence-corrected chi connectivity index (χ0v) is 17.2. The number of nitro groups is 1. The Morgan fingerprint density at radius 2 is 1.78 bits per heavy atom. The van der Waals surface area contributed by atoms with Gasteiger partial charge in [0.2, 0.25) is 0 Å². The van der Waals surface area contributed by atoms with Gasteiger partial charge >= 0.3 is 5.69 Å². The predicted molar refractivity (Wildman–Crippen MR) is 116 cm³/mol. The fourth-order valence-corrected chi connectivity index (χ4v) is 3.08. The topological polar surface area (TPSA) is 117 Å². The molecule has 162 valence electrons. The quantitative estimate of drug-likeness (QED) is 0.336. The highest BCUT2D eigenvalue weighted by molar-refractivity contribution is 6.02. The molecular weight excluding hydrogens is 412 g/mol. The average Bonchev–Trinajstić information content (AvgIpc) is 3.44. The summed E-state index contributed by atoms with van der Waals surface area (Å²) in [6.45, 7) is 2.56. The van der Waals surface area contributed by atoms with E-state index in [-0.39, 0.29) is 23.9 Å². The Bertz CT molecular complexity index is 1260. The van der Waals surface area contributed by atoms with E-state index in [1.54, 1.807) is 35.3 Å². The van der Waals surface area contributed by atoms with Gasteiger partial charge in [-0.25, -0.2) is 4.68 Å². The summed E-state index contributed by atoms with van der Waals surface area (Å²) in [6.07, 6.45) is 3.35. The molecular formula is C22H20N6O4. The summed E-state index contributed by atoms with van der Waals surface area (Å²) >= 11 is 0. The number of carbonyl (C=O) groups excluding carboxylic acids is 1. The first-order chi connectivity index (χ1) is 15.5. The second-order valence-corrected chi connectivity index (χ2v) is 7.02. The molecule has 32 heavy (non-hydrogen) atoms. The van der Waals surface area contributed by atoms with Crippen molar-refractivity contribution in [1.29, 1.82) is 0 Å². The molecule has 10 heteroatoms. The van der Waals surface area contributed by atoms with Crippen LogP contribution in [0.5, 0.6) is 5.75 Å². The molecule has 0 saturated heterocycles. The van der Waals surface area contributed by atoms with Crippen LogP contribution in [-0.4, -0.2) is 30.4 Å². The Labute approximate surface area is 183 Å². The van der Waals surface area contributed by atoms with Gasteiger partial charge in [0.15, 0.2) is 24.0 Å². The summed E-state index contributed by atoms with van der Waals surface area (Å²) in [7, 11) is 0. The zero-order chi connectivity index (χ0) is 22.5. The minimum atomic E-state index is -0.518. The van der Waals surface area contributed by atoms with Crippen LogP contribution in [0.2, 0.25) is 0 Å². The van der Waals surface area contributed by atoms with Gasteiger partial charge in [-0.3, -0.25) is 19.6 Å². The van der Waals surface area contributed by atoms with Crippen LogP contribution in [0.25, 0.3) is 0 Å². The number of hydrogen-bond donors (Lipinski definition) is 1. The summed E-state index contributed by atoms with van der Waals surface area (Å²) in [5.41, 5.74) is 2.34. The SMILES string of the molecule is Cc1ccccc1Cn1ccc(NC(=O)c2ccn(COc3ccccc3[N+](=O)[O-])n2)n1. The van der Waals surface area contributed by atoms with Crippen LogP contribution in [0, 0.1) is 17.0 Å². The average molecular weight is 432 g/mol. The number of nitrogens with zero attached hydrogens (tertiary/aromatic N) is 5. The van der Waals surface area contributed by atoms with Crippen molar-refractivity contribution in [2.45, 2.75) is 20.2 Å². The van der Waals surface area contributed by atoms with Crippen molar-refractivity contribution in [3.8, 4) is 5.75 Å². The van der Waals surface area contributed by atoms with E-state index in [1.807, 2.05) is 31.2 Å². The second kappa shape index (κ2) is 9.13. The van der Waals surface area contributed by atoms with Gasteiger partial charge in [-0.15, -0.1) is 0 Å². The van der Waals surface area contributed by atoms with Crippen molar-refractivity contribution in [1.82, 2.24) is 19.6 Å². The number of aromatic nitrogens is 4. The Morgan fingerprint density at radius 3 is 2.59 bits per heavy atom. The van der Waals surface area contributed by atoms with Crippen LogP contribution in [0.1, 0.15) is 21.6 Å². The van der Waals surface area contributed by atoms with E-state index >= 15 is 0 Å².